The van der Waals surface area contributed by atoms with Gasteiger partial charge in [0.2, 0.25) is 5.91 Å². The predicted octanol–water partition coefficient (Wildman–Crippen LogP) is 1.17. The van der Waals surface area contributed by atoms with Crippen LogP contribution >= 0.6 is 0 Å². The van der Waals surface area contributed by atoms with Gasteiger partial charge in [-0.1, -0.05) is 12.1 Å². The quantitative estimate of drug-likeness (QED) is 0.836. The Balaban J connectivity index is 1.47. The Morgan fingerprint density at radius 2 is 2.04 bits per heavy atom. The lowest BCUT2D eigenvalue weighted by molar-refractivity contribution is -0.153. The predicted molar refractivity (Wildman–Crippen MR) is 89.0 cm³/mol. The van der Waals surface area contributed by atoms with E-state index in [-0.39, 0.29) is 30.5 Å². The highest BCUT2D eigenvalue weighted by Gasteiger charge is 2.43. The lowest BCUT2D eigenvalue weighted by atomic mass is 10.1. The molecule has 1 amide bonds. The second-order valence-corrected chi connectivity index (χ2v) is 6.71. The normalized spacial score (nSPS) is 23.9. The zero-order valence-electron chi connectivity index (χ0n) is 14.1. The van der Waals surface area contributed by atoms with Crippen molar-refractivity contribution in [1.82, 2.24) is 19.4 Å². The van der Waals surface area contributed by atoms with Gasteiger partial charge in [0.05, 0.1) is 18.7 Å². The second-order valence-electron chi connectivity index (χ2n) is 6.71. The highest BCUT2D eigenvalue weighted by Crippen LogP contribution is 2.26. The highest BCUT2D eigenvalue weighted by atomic mass is 19.1. The van der Waals surface area contributed by atoms with Gasteiger partial charge in [0, 0.05) is 39.1 Å². The summed E-state index contributed by atoms with van der Waals surface area (Å²) in [6, 6.07) is 6.34. The smallest absolute Gasteiger partial charge is 0.249 e. The van der Waals surface area contributed by atoms with E-state index >= 15 is 0 Å². The van der Waals surface area contributed by atoms with Gasteiger partial charge in [0.1, 0.15) is 18.2 Å². The Morgan fingerprint density at radius 3 is 2.76 bits per heavy atom. The van der Waals surface area contributed by atoms with E-state index in [9.17, 15) is 9.18 Å². The SMILES string of the molecule is Cn1ccnc1CN1C[C@@H]2[C@@H](C1)OCC(=O)N2Cc1ccc(F)cc1. The van der Waals surface area contributed by atoms with E-state index in [4.69, 9.17) is 4.74 Å². The van der Waals surface area contributed by atoms with Crippen molar-refractivity contribution in [2.75, 3.05) is 19.7 Å². The van der Waals surface area contributed by atoms with Gasteiger partial charge in [-0.2, -0.15) is 0 Å². The van der Waals surface area contributed by atoms with Crippen LogP contribution in [-0.4, -0.2) is 57.1 Å². The number of aromatic nitrogens is 2. The number of ether oxygens (including phenoxy) is 1. The topological polar surface area (TPSA) is 50.6 Å². The minimum atomic E-state index is -0.267. The molecule has 2 aromatic rings. The summed E-state index contributed by atoms with van der Waals surface area (Å²) in [4.78, 5) is 20.9. The van der Waals surface area contributed by atoms with Crippen molar-refractivity contribution in [1.29, 1.82) is 0 Å². The van der Waals surface area contributed by atoms with Gasteiger partial charge in [0.25, 0.3) is 0 Å². The number of nitrogens with zero attached hydrogens (tertiary/aromatic N) is 4. The number of carbonyl (C=O) groups excluding carboxylic acids is 1. The van der Waals surface area contributed by atoms with Gasteiger partial charge in [-0.25, -0.2) is 9.37 Å². The molecule has 0 unspecified atom stereocenters. The zero-order chi connectivity index (χ0) is 17.4. The van der Waals surface area contributed by atoms with E-state index < -0.39 is 0 Å². The van der Waals surface area contributed by atoms with E-state index in [1.54, 1.807) is 18.3 Å². The first-order chi connectivity index (χ1) is 12.1. The monoisotopic (exact) mass is 344 g/mol. The van der Waals surface area contributed by atoms with Crippen LogP contribution in [0.5, 0.6) is 0 Å². The summed E-state index contributed by atoms with van der Waals surface area (Å²) in [6.45, 7) is 2.87. The molecule has 132 valence electrons. The maximum absolute atomic E-state index is 13.1. The number of amides is 1. The summed E-state index contributed by atoms with van der Waals surface area (Å²) < 4.78 is 20.9. The minimum Gasteiger partial charge on any atom is -0.365 e. The fourth-order valence-electron chi connectivity index (χ4n) is 3.61. The maximum Gasteiger partial charge on any atom is 0.249 e. The number of imidazole rings is 1. The zero-order valence-corrected chi connectivity index (χ0v) is 14.1. The molecule has 0 aliphatic carbocycles. The van der Waals surface area contributed by atoms with Crippen LogP contribution in [0.4, 0.5) is 4.39 Å². The summed E-state index contributed by atoms with van der Waals surface area (Å²) >= 11 is 0. The average Bonchev–Trinajstić information content (AvgIpc) is 3.19. The highest BCUT2D eigenvalue weighted by molar-refractivity contribution is 5.78. The molecule has 4 rings (SSSR count). The van der Waals surface area contributed by atoms with Gasteiger partial charge in [0.15, 0.2) is 0 Å². The largest absolute Gasteiger partial charge is 0.365 e. The maximum atomic E-state index is 13.1. The second kappa shape index (κ2) is 6.57. The fraction of sp³-hybridized carbons (Fsp3) is 0.444. The van der Waals surface area contributed by atoms with Crippen molar-refractivity contribution < 1.29 is 13.9 Å². The number of carbonyl (C=O) groups is 1. The number of morpholine rings is 1. The minimum absolute atomic E-state index is 0.00980. The number of hydrogen-bond acceptors (Lipinski definition) is 4. The van der Waals surface area contributed by atoms with Gasteiger partial charge in [-0.05, 0) is 17.7 Å². The number of fused-ring (bicyclic) bond motifs is 1. The molecule has 0 spiro atoms. The summed E-state index contributed by atoms with van der Waals surface area (Å²) in [5.41, 5.74) is 0.929. The van der Waals surface area contributed by atoms with E-state index in [1.807, 2.05) is 22.7 Å². The number of aryl methyl sites for hydroxylation is 1. The van der Waals surface area contributed by atoms with Crippen LogP contribution < -0.4 is 0 Å². The molecule has 6 nitrogen and oxygen atoms in total. The third-order valence-electron chi connectivity index (χ3n) is 5.01. The number of benzene rings is 1. The first-order valence-corrected chi connectivity index (χ1v) is 8.44. The third kappa shape index (κ3) is 3.29. The molecular weight excluding hydrogens is 323 g/mol. The number of halogens is 1. The number of rotatable bonds is 4. The molecule has 0 bridgehead atoms. The summed E-state index contributed by atoms with van der Waals surface area (Å²) in [5.74, 6) is 0.719. The summed E-state index contributed by atoms with van der Waals surface area (Å²) in [5, 5.41) is 0. The van der Waals surface area contributed by atoms with Crippen LogP contribution in [0, 0.1) is 5.82 Å². The van der Waals surface area contributed by atoms with Gasteiger partial charge in [-0.15, -0.1) is 0 Å². The molecule has 1 aromatic carbocycles. The van der Waals surface area contributed by atoms with Gasteiger partial charge >= 0.3 is 0 Å². The Hall–Kier alpha value is -2.25. The van der Waals surface area contributed by atoms with Crippen LogP contribution in [0.25, 0.3) is 0 Å². The lowest BCUT2D eigenvalue weighted by Crippen LogP contribution is -2.53. The first kappa shape index (κ1) is 16.2. The first-order valence-electron chi connectivity index (χ1n) is 8.44. The lowest BCUT2D eigenvalue weighted by Gasteiger charge is -2.36. The van der Waals surface area contributed by atoms with Crippen LogP contribution in [0.3, 0.4) is 0 Å². The molecule has 7 heteroatoms. The molecule has 25 heavy (non-hydrogen) atoms. The molecule has 0 radical (unpaired) electrons. The van der Waals surface area contributed by atoms with Crippen molar-refractivity contribution in [3.05, 3.63) is 53.9 Å². The average molecular weight is 344 g/mol. The van der Waals surface area contributed by atoms with Crippen LogP contribution in [-0.2, 0) is 29.7 Å². The Labute approximate surface area is 145 Å². The van der Waals surface area contributed by atoms with E-state index in [0.717, 1.165) is 31.0 Å². The third-order valence-corrected chi connectivity index (χ3v) is 5.01. The van der Waals surface area contributed by atoms with E-state index in [2.05, 4.69) is 9.88 Å². The molecule has 2 atom stereocenters. The van der Waals surface area contributed by atoms with Crippen LogP contribution in [0.2, 0.25) is 0 Å². The molecule has 0 saturated carbocycles. The van der Waals surface area contributed by atoms with Crippen LogP contribution in [0.15, 0.2) is 36.7 Å². The van der Waals surface area contributed by atoms with Gasteiger partial charge < -0.3 is 14.2 Å². The molecule has 0 N–H and O–H groups in total. The van der Waals surface area contributed by atoms with E-state index in [1.165, 1.54) is 12.1 Å². The molecule has 1 aromatic heterocycles. The fourth-order valence-corrected chi connectivity index (χ4v) is 3.61. The van der Waals surface area contributed by atoms with Crippen molar-refractivity contribution >= 4 is 5.91 Å². The molecule has 3 heterocycles. The Bertz CT molecular complexity index is 761. The molecule has 2 aliphatic heterocycles. The molecule has 2 aliphatic rings. The standard InChI is InChI=1S/C18H21FN4O2/c1-21-7-6-20-17(21)11-22-9-15-16(10-22)25-12-18(24)23(15)8-13-2-4-14(19)5-3-13/h2-7,15-16H,8-12H2,1H3/t15-,16-/m1/s1. The molecule has 2 fully saturated rings. The van der Waals surface area contributed by atoms with Crippen LogP contribution in [0.1, 0.15) is 11.4 Å². The van der Waals surface area contributed by atoms with Crippen molar-refractivity contribution in [3.63, 3.8) is 0 Å². The van der Waals surface area contributed by atoms with Crippen molar-refractivity contribution in [2.45, 2.75) is 25.2 Å². The summed E-state index contributed by atoms with van der Waals surface area (Å²) in [7, 11) is 1.98. The number of hydrogen-bond donors (Lipinski definition) is 0. The Morgan fingerprint density at radius 1 is 1.24 bits per heavy atom. The molecular formula is C18H21FN4O2. The molecule has 2 saturated heterocycles. The van der Waals surface area contributed by atoms with E-state index in [0.29, 0.717) is 6.54 Å². The summed E-state index contributed by atoms with van der Waals surface area (Å²) in [6.07, 6.45) is 3.73. The number of likely N-dealkylation sites (tertiary alicyclic amines) is 1. The van der Waals surface area contributed by atoms with Crippen molar-refractivity contribution in [3.8, 4) is 0 Å². The van der Waals surface area contributed by atoms with Crippen molar-refractivity contribution in [2.24, 2.45) is 7.05 Å². The van der Waals surface area contributed by atoms with Gasteiger partial charge in [-0.3, -0.25) is 9.69 Å². The Kier molecular flexibility index (Phi) is 4.27.